The molecule has 2 unspecified atom stereocenters. The standard InChI is InChI=1S/C25H26ClFN2O4/c1-15(30)29-13-19-12-20(24(25(31)32)22(14-29)28-19)17-6-4-16(5-7-17)3-2-10-33-23-11-18(27)8-9-21(23)26/h4-9,11,19,22,28H,2-3,10,12-14H2,1H3,(H,31,32). The highest BCUT2D eigenvalue weighted by molar-refractivity contribution is 6.32. The number of rotatable bonds is 7. The summed E-state index contributed by atoms with van der Waals surface area (Å²) in [5.74, 6) is -1.05. The van der Waals surface area contributed by atoms with Crippen LogP contribution in [-0.4, -0.2) is 53.7 Å². The van der Waals surface area contributed by atoms with E-state index in [0.717, 1.165) is 29.5 Å². The molecule has 2 bridgehead atoms. The van der Waals surface area contributed by atoms with Gasteiger partial charge in [0, 0.05) is 32.1 Å². The highest BCUT2D eigenvalue weighted by atomic mass is 35.5. The van der Waals surface area contributed by atoms with Crippen LogP contribution >= 0.6 is 11.6 Å². The van der Waals surface area contributed by atoms with Crippen molar-refractivity contribution in [2.45, 2.75) is 38.3 Å². The molecular formula is C25H26ClFN2O4. The van der Waals surface area contributed by atoms with Gasteiger partial charge in [-0.3, -0.25) is 4.79 Å². The van der Waals surface area contributed by atoms with E-state index in [1.54, 1.807) is 4.90 Å². The summed E-state index contributed by atoms with van der Waals surface area (Å²) in [7, 11) is 0. The zero-order chi connectivity index (χ0) is 23.5. The van der Waals surface area contributed by atoms with Crippen molar-refractivity contribution in [3.63, 3.8) is 0 Å². The van der Waals surface area contributed by atoms with E-state index in [4.69, 9.17) is 16.3 Å². The van der Waals surface area contributed by atoms with Gasteiger partial charge in [-0.2, -0.15) is 0 Å². The lowest BCUT2D eigenvalue weighted by Crippen LogP contribution is -2.61. The number of aryl methyl sites for hydroxylation is 1. The van der Waals surface area contributed by atoms with Gasteiger partial charge in [0.15, 0.2) is 0 Å². The maximum atomic E-state index is 13.3. The second-order valence-electron chi connectivity index (χ2n) is 8.47. The number of aliphatic carboxylic acids is 1. The van der Waals surface area contributed by atoms with E-state index in [9.17, 15) is 19.1 Å². The zero-order valence-electron chi connectivity index (χ0n) is 18.3. The van der Waals surface area contributed by atoms with Crippen LogP contribution in [0.2, 0.25) is 5.02 Å². The number of carbonyl (C=O) groups excluding carboxylic acids is 1. The molecule has 2 aliphatic heterocycles. The second-order valence-corrected chi connectivity index (χ2v) is 8.87. The Morgan fingerprint density at radius 1 is 1.21 bits per heavy atom. The molecular weight excluding hydrogens is 447 g/mol. The summed E-state index contributed by atoms with van der Waals surface area (Å²) in [5.41, 5.74) is 3.16. The maximum absolute atomic E-state index is 13.3. The van der Waals surface area contributed by atoms with Gasteiger partial charge in [-0.05, 0) is 48.1 Å². The Bertz CT molecular complexity index is 1090. The third kappa shape index (κ3) is 5.37. The molecule has 6 nitrogen and oxygen atoms in total. The quantitative estimate of drug-likeness (QED) is 0.597. The number of halogens is 2. The summed E-state index contributed by atoms with van der Waals surface area (Å²) in [6.07, 6.45) is 2.05. The van der Waals surface area contributed by atoms with E-state index >= 15 is 0 Å². The van der Waals surface area contributed by atoms with E-state index in [1.165, 1.54) is 25.1 Å². The van der Waals surface area contributed by atoms with E-state index < -0.39 is 11.8 Å². The number of ether oxygens (including phenoxy) is 1. The molecule has 1 saturated heterocycles. The van der Waals surface area contributed by atoms with Gasteiger partial charge in [0.1, 0.15) is 11.6 Å². The number of fused-ring (bicyclic) bond motifs is 2. The van der Waals surface area contributed by atoms with Crippen LogP contribution in [0.3, 0.4) is 0 Å². The van der Waals surface area contributed by atoms with Crippen molar-refractivity contribution in [2.24, 2.45) is 0 Å². The van der Waals surface area contributed by atoms with Crippen molar-refractivity contribution in [2.75, 3.05) is 19.7 Å². The van der Waals surface area contributed by atoms with E-state index in [1.807, 2.05) is 24.3 Å². The summed E-state index contributed by atoms with van der Waals surface area (Å²) in [6.45, 7) is 2.86. The fourth-order valence-corrected chi connectivity index (χ4v) is 4.72. The molecule has 0 spiro atoms. The number of carboxylic acid groups (broad SMARTS) is 1. The van der Waals surface area contributed by atoms with Crippen molar-refractivity contribution >= 4 is 29.1 Å². The predicted molar refractivity (Wildman–Crippen MR) is 124 cm³/mol. The van der Waals surface area contributed by atoms with Crippen molar-refractivity contribution in [3.05, 3.63) is 70.0 Å². The number of nitrogens with one attached hydrogen (secondary N) is 1. The van der Waals surface area contributed by atoms with E-state index in [-0.39, 0.29) is 18.0 Å². The minimum Gasteiger partial charge on any atom is -0.492 e. The molecule has 2 aromatic rings. The van der Waals surface area contributed by atoms with Gasteiger partial charge >= 0.3 is 5.97 Å². The van der Waals surface area contributed by atoms with Crippen LogP contribution < -0.4 is 10.1 Å². The molecule has 1 amide bonds. The van der Waals surface area contributed by atoms with Gasteiger partial charge in [-0.15, -0.1) is 0 Å². The Morgan fingerprint density at radius 3 is 2.67 bits per heavy atom. The van der Waals surface area contributed by atoms with Crippen molar-refractivity contribution in [1.29, 1.82) is 0 Å². The number of carboxylic acids is 1. The third-order valence-corrected chi connectivity index (χ3v) is 6.46. The van der Waals surface area contributed by atoms with Gasteiger partial charge in [0.25, 0.3) is 0 Å². The molecule has 4 rings (SSSR count). The molecule has 2 aliphatic rings. The molecule has 2 heterocycles. The van der Waals surface area contributed by atoms with E-state index in [2.05, 4.69) is 5.32 Å². The lowest BCUT2D eigenvalue weighted by Gasteiger charge is -2.43. The fraction of sp³-hybridized carbons (Fsp3) is 0.360. The third-order valence-electron chi connectivity index (χ3n) is 6.14. The van der Waals surface area contributed by atoms with E-state index in [0.29, 0.717) is 42.5 Å². The summed E-state index contributed by atoms with van der Waals surface area (Å²) < 4.78 is 18.9. The SMILES string of the molecule is CC(=O)N1CC2CC(c3ccc(CCCOc4cc(F)ccc4Cl)cc3)=C(C(=O)O)C(C1)N2. The molecule has 0 aromatic heterocycles. The van der Waals surface area contributed by atoms with Crippen LogP contribution in [0.5, 0.6) is 5.75 Å². The van der Waals surface area contributed by atoms with Crippen LogP contribution in [-0.2, 0) is 16.0 Å². The van der Waals surface area contributed by atoms with Gasteiger partial charge < -0.3 is 20.1 Å². The average molecular weight is 473 g/mol. The molecule has 174 valence electrons. The Hall–Kier alpha value is -2.90. The minimum absolute atomic E-state index is 0.0345. The Morgan fingerprint density at radius 2 is 1.97 bits per heavy atom. The predicted octanol–water partition coefficient (Wildman–Crippen LogP) is 3.92. The topological polar surface area (TPSA) is 78.9 Å². The molecule has 0 radical (unpaired) electrons. The van der Waals surface area contributed by atoms with Crippen LogP contribution in [0, 0.1) is 5.82 Å². The first kappa shape index (κ1) is 23.3. The zero-order valence-corrected chi connectivity index (χ0v) is 19.1. The van der Waals surface area contributed by atoms with Crippen LogP contribution in [0.15, 0.2) is 48.0 Å². The Kier molecular flexibility index (Phi) is 7.00. The number of amides is 1. The molecule has 33 heavy (non-hydrogen) atoms. The normalized spacial score (nSPS) is 20.0. The first-order valence-corrected chi connectivity index (χ1v) is 11.3. The lowest BCUT2D eigenvalue weighted by molar-refractivity contribution is -0.135. The van der Waals surface area contributed by atoms with Crippen LogP contribution in [0.1, 0.15) is 30.9 Å². The first-order valence-electron chi connectivity index (χ1n) is 11.0. The second kappa shape index (κ2) is 9.93. The molecule has 2 atom stereocenters. The number of benzene rings is 2. The number of hydrogen-bond acceptors (Lipinski definition) is 4. The molecule has 0 saturated carbocycles. The smallest absolute Gasteiger partial charge is 0.333 e. The lowest BCUT2D eigenvalue weighted by atomic mass is 9.83. The summed E-state index contributed by atoms with van der Waals surface area (Å²) in [4.78, 5) is 25.6. The molecule has 1 fully saturated rings. The van der Waals surface area contributed by atoms with Gasteiger partial charge in [0.05, 0.1) is 23.2 Å². The molecule has 2 aromatic carbocycles. The highest BCUT2D eigenvalue weighted by Gasteiger charge is 2.38. The van der Waals surface area contributed by atoms with Crippen molar-refractivity contribution in [3.8, 4) is 5.75 Å². The molecule has 8 heteroatoms. The average Bonchev–Trinajstić information content (AvgIpc) is 2.78. The molecule has 0 aliphatic carbocycles. The van der Waals surface area contributed by atoms with Gasteiger partial charge in [0.2, 0.25) is 5.91 Å². The summed E-state index contributed by atoms with van der Waals surface area (Å²) in [5, 5.41) is 13.6. The molecule has 2 N–H and O–H groups in total. The van der Waals surface area contributed by atoms with Crippen LogP contribution in [0.4, 0.5) is 4.39 Å². The first-order chi connectivity index (χ1) is 15.8. The summed E-state index contributed by atoms with van der Waals surface area (Å²) >= 11 is 6.01. The van der Waals surface area contributed by atoms with Gasteiger partial charge in [-0.1, -0.05) is 35.9 Å². The van der Waals surface area contributed by atoms with Gasteiger partial charge in [-0.25, -0.2) is 9.18 Å². The fourth-order valence-electron chi connectivity index (χ4n) is 4.54. The Labute approximate surface area is 197 Å². The van der Waals surface area contributed by atoms with Crippen LogP contribution in [0.25, 0.3) is 5.57 Å². The van der Waals surface area contributed by atoms with Crippen molar-refractivity contribution in [1.82, 2.24) is 10.2 Å². The maximum Gasteiger partial charge on any atom is 0.333 e. The Balaban J connectivity index is 1.41. The number of piperazine rings is 1. The monoisotopic (exact) mass is 472 g/mol. The highest BCUT2D eigenvalue weighted by Crippen LogP contribution is 2.33. The summed E-state index contributed by atoms with van der Waals surface area (Å²) in [6, 6.07) is 11.6. The number of carbonyl (C=O) groups is 2. The number of hydrogen-bond donors (Lipinski definition) is 2. The van der Waals surface area contributed by atoms with Crippen molar-refractivity contribution < 1.29 is 23.8 Å². The largest absolute Gasteiger partial charge is 0.492 e. The minimum atomic E-state index is -0.955. The number of nitrogens with zero attached hydrogens (tertiary/aromatic N) is 1.